The van der Waals surface area contributed by atoms with Crippen LogP contribution in [-0.4, -0.2) is 46.8 Å². The number of likely N-dealkylation sites (tertiary alicyclic amines) is 1. The highest BCUT2D eigenvalue weighted by molar-refractivity contribution is 7.13. The molecule has 6 nitrogen and oxygen atoms in total. The monoisotopic (exact) mass is 389 g/mol. The van der Waals surface area contributed by atoms with Crippen LogP contribution in [0.4, 0.5) is 9.93 Å². The first-order valence-corrected chi connectivity index (χ1v) is 10.4. The highest BCUT2D eigenvalue weighted by atomic mass is 32.1. The van der Waals surface area contributed by atoms with E-state index in [1.807, 2.05) is 22.4 Å². The molecule has 0 radical (unpaired) electrons. The molecule has 2 aromatic rings. The van der Waals surface area contributed by atoms with E-state index in [0.717, 1.165) is 37.1 Å². The second-order valence-corrected chi connectivity index (χ2v) is 7.56. The average Bonchev–Trinajstić information content (AvgIpc) is 3.14. The van der Waals surface area contributed by atoms with Gasteiger partial charge in [0.25, 0.3) is 0 Å². The highest BCUT2D eigenvalue weighted by Gasteiger charge is 2.24. The molecule has 2 heterocycles. The first-order chi connectivity index (χ1) is 13.2. The number of nitrogens with zero attached hydrogens (tertiary/aromatic N) is 2. The van der Waals surface area contributed by atoms with Crippen LogP contribution in [0, 0.1) is 0 Å². The van der Waals surface area contributed by atoms with Crippen LogP contribution in [0.5, 0.6) is 5.75 Å². The van der Waals surface area contributed by atoms with Gasteiger partial charge >= 0.3 is 6.03 Å². The Morgan fingerprint density at radius 2 is 2.22 bits per heavy atom. The number of aromatic nitrogens is 1. The Bertz CT molecular complexity index is 742. The van der Waals surface area contributed by atoms with E-state index in [9.17, 15) is 4.79 Å². The zero-order chi connectivity index (χ0) is 19.1. The van der Waals surface area contributed by atoms with Gasteiger partial charge in [0.15, 0.2) is 5.13 Å². The van der Waals surface area contributed by atoms with Crippen LogP contribution in [0.1, 0.15) is 37.4 Å². The second-order valence-electron chi connectivity index (χ2n) is 6.71. The van der Waals surface area contributed by atoms with Gasteiger partial charge in [0, 0.05) is 37.9 Å². The number of urea groups is 1. The number of carbonyl (C=O) groups excluding carboxylic acids is 1. The number of benzene rings is 1. The Labute approximate surface area is 164 Å². The predicted molar refractivity (Wildman–Crippen MR) is 108 cm³/mol. The number of amides is 2. The topological polar surface area (TPSA) is 74.7 Å². The van der Waals surface area contributed by atoms with Crippen molar-refractivity contribution in [2.75, 3.05) is 25.0 Å². The molecular formula is C20H27N3O3S. The summed E-state index contributed by atoms with van der Waals surface area (Å²) >= 11 is 1.42. The molecule has 7 heteroatoms. The van der Waals surface area contributed by atoms with Gasteiger partial charge < -0.3 is 14.7 Å². The van der Waals surface area contributed by atoms with Gasteiger partial charge in [-0.3, -0.25) is 5.32 Å². The molecule has 0 atom stereocenters. The van der Waals surface area contributed by atoms with Gasteiger partial charge in [-0.05, 0) is 37.0 Å². The number of ether oxygens (including phenoxy) is 1. The summed E-state index contributed by atoms with van der Waals surface area (Å²) in [6, 6.07) is 8.11. The summed E-state index contributed by atoms with van der Waals surface area (Å²) in [5.41, 5.74) is 2.18. The predicted octanol–water partition coefficient (Wildman–Crippen LogP) is 3.71. The van der Waals surface area contributed by atoms with Crippen molar-refractivity contribution in [3.8, 4) is 5.75 Å². The zero-order valence-electron chi connectivity index (χ0n) is 15.7. The molecule has 0 aliphatic carbocycles. The van der Waals surface area contributed by atoms with E-state index in [4.69, 9.17) is 9.84 Å². The Kier molecular flexibility index (Phi) is 7.06. The van der Waals surface area contributed by atoms with Crippen LogP contribution < -0.4 is 10.1 Å². The molecule has 27 heavy (non-hydrogen) atoms. The number of hydrogen-bond acceptors (Lipinski definition) is 5. The summed E-state index contributed by atoms with van der Waals surface area (Å²) in [5, 5.41) is 14.3. The number of rotatable bonds is 7. The fourth-order valence-corrected chi connectivity index (χ4v) is 3.85. The maximum Gasteiger partial charge on any atom is 0.323 e. The van der Waals surface area contributed by atoms with E-state index < -0.39 is 0 Å². The summed E-state index contributed by atoms with van der Waals surface area (Å²) in [6.45, 7) is 3.63. The number of aliphatic hydroxyl groups is 1. The van der Waals surface area contributed by atoms with Crippen molar-refractivity contribution in [2.24, 2.45) is 0 Å². The van der Waals surface area contributed by atoms with Crippen LogP contribution in [0.15, 0.2) is 29.6 Å². The number of hydrogen-bond donors (Lipinski definition) is 2. The van der Waals surface area contributed by atoms with Crippen molar-refractivity contribution < 1.29 is 14.6 Å². The van der Waals surface area contributed by atoms with Gasteiger partial charge in [-0.1, -0.05) is 19.1 Å². The van der Waals surface area contributed by atoms with Crippen molar-refractivity contribution in [1.29, 1.82) is 0 Å². The Hall–Kier alpha value is -2.12. The maximum atomic E-state index is 12.4. The number of nitrogens with one attached hydrogen (secondary N) is 1. The minimum Gasteiger partial charge on any atom is -0.490 e. The summed E-state index contributed by atoms with van der Waals surface area (Å²) in [5.74, 6) is 0.912. The lowest BCUT2D eigenvalue weighted by molar-refractivity contribution is 0.115. The largest absolute Gasteiger partial charge is 0.490 e. The van der Waals surface area contributed by atoms with Gasteiger partial charge in [-0.25, -0.2) is 9.78 Å². The molecule has 1 aromatic heterocycles. The summed E-state index contributed by atoms with van der Waals surface area (Å²) in [4.78, 5) is 18.7. The molecule has 0 spiro atoms. The summed E-state index contributed by atoms with van der Waals surface area (Å²) < 4.78 is 6.10. The standard InChI is InChI=1S/C20H27N3O3S/c1-2-15-5-3-7-18(13-15)26-17-8-10-23(11-9-17)20(25)22-19-21-16(14-27-19)6-4-12-24/h3,5,7,13-14,17,24H,2,4,6,8-12H2,1H3,(H,21,22,25). The molecule has 146 valence electrons. The van der Waals surface area contributed by atoms with E-state index in [2.05, 4.69) is 29.4 Å². The molecule has 2 N–H and O–H groups in total. The van der Waals surface area contributed by atoms with E-state index in [-0.39, 0.29) is 18.7 Å². The van der Waals surface area contributed by atoms with Crippen LogP contribution in [-0.2, 0) is 12.8 Å². The number of piperidine rings is 1. The number of carbonyl (C=O) groups is 1. The zero-order valence-corrected chi connectivity index (χ0v) is 16.5. The van der Waals surface area contributed by atoms with Gasteiger partial charge in [0.05, 0.1) is 5.69 Å². The number of thiazole rings is 1. The maximum absolute atomic E-state index is 12.4. The molecule has 3 rings (SSSR count). The van der Waals surface area contributed by atoms with E-state index in [1.165, 1.54) is 16.9 Å². The Morgan fingerprint density at radius 3 is 2.96 bits per heavy atom. The quantitative estimate of drug-likeness (QED) is 0.757. The first kappa shape index (κ1) is 19.6. The van der Waals surface area contributed by atoms with Gasteiger partial charge in [0.1, 0.15) is 11.9 Å². The van der Waals surface area contributed by atoms with Crippen molar-refractivity contribution in [3.05, 3.63) is 40.9 Å². The lowest BCUT2D eigenvalue weighted by Crippen LogP contribution is -2.43. The number of aliphatic hydroxyl groups excluding tert-OH is 1. The van der Waals surface area contributed by atoms with Crippen molar-refractivity contribution in [2.45, 2.75) is 45.1 Å². The van der Waals surface area contributed by atoms with Crippen LogP contribution >= 0.6 is 11.3 Å². The SMILES string of the molecule is CCc1cccc(OC2CCN(C(=O)Nc3nc(CCCO)cs3)CC2)c1. The molecule has 0 unspecified atom stereocenters. The van der Waals surface area contributed by atoms with Crippen molar-refractivity contribution in [3.63, 3.8) is 0 Å². The molecule has 1 aromatic carbocycles. The molecular weight excluding hydrogens is 362 g/mol. The van der Waals surface area contributed by atoms with Crippen molar-refractivity contribution in [1.82, 2.24) is 9.88 Å². The molecule has 0 saturated carbocycles. The molecule has 1 fully saturated rings. The Balaban J connectivity index is 1.45. The molecule has 0 bridgehead atoms. The van der Waals surface area contributed by atoms with E-state index in [0.29, 0.717) is 24.6 Å². The number of anilines is 1. The Morgan fingerprint density at radius 1 is 1.41 bits per heavy atom. The number of aryl methyl sites for hydroxylation is 2. The molecule has 1 aliphatic heterocycles. The van der Waals surface area contributed by atoms with Crippen LogP contribution in [0.3, 0.4) is 0 Å². The third-order valence-electron chi connectivity index (χ3n) is 4.70. The fourth-order valence-electron chi connectivity index (χ4n) is 3.12. The second kappa shape index (κ2) is 9.71. The van der Waals surface area contributed by atoms with Crippen LogP contribution in [0.25, 0.3) is 0 Å². The van der Waals surface area contributed by atoms with Crippen molar-refractivity contribution >= 4 is 22.5 Å². The lowest BCUT2D eigenvalue weighted by atomic mass is 10.1. The summed E-state index contributed by atoms with van der Waals surface area (Å²) in [6.07, 6.45) is 4.20. The van der Waals surface area contributed by atoms with Gasteiger partial charge in [0.2, 0.25) is 0 Å². The summed E-state index contributed by atoms with van der Waals surface area (Å²) in [7, 11) is 0. The third kappa shape index (κ3) is 5.68. The lowest BCUT2D eigenvalue weighted by Gasteiger charge is -2.32. The average molecular weight is 390 g/mol. The third-order valence-corrected chi connectivity index (χ3v) is 5.50. The normalized spacial score (nSPS) is 15.0. The minimum absolute atomic E-state index is 0.107. The van der Waals surface area contributed by atoms with Gasteiger partial charge in [-0.15, -0.1) is 11.3 Å². The van der Waals surface area contributed by atoms with Gasteiger partial charge in [-0.2, -0.15) is 0 Å². The molecule has 1 saturated heterocycles. The highest BCUT2D eigenvalue weighted by Crippen LogP contribution is 2.22. The van der Waals surface area contributed by atoms with E-state index in [1.54, 1.807) is 0 Å². The van der Waals surface area contributed by atoms with Crippen LogP contribution in [0.2, 0.25) is 0 Å². The van der Waals surface area contributed by atoms with E-state index >= 15 is 0 Å². The minimum atomic E-state index is -0.107. The fraction of sp³-hybridized carbons (Fsp3) is 0.500. The molecule has 1 aliphatic rings. The smallest absolute Gasteiger partial charge is 0.323 e. The first-order valence-electron chi connectivity index (χ1n) is 9.54. The molecule has 2 amide bonds.